The SMILES string of the molecule is CCCC1CCC(c2c(F)cc(C#Cc3ccc4cc(F)ccc4c3)c(F)c2F)CC1. The van der Waals surface area contributed by atoms with Crippen molar-refractivity contribution in [2.75, 3.05) is 0 Å². The minimum atomic E-state index is -1.11. The number of rotatable bonds is 3. The van der Waals surface area contributed by atoms with Crippen LogP contribution in [0.1, 0.15) is 68.1 Å². The molecule has 1 aliphatic rings. The van der Waals surface area contributed by atoms with E-state index < -0.39 is 17.5 Å². The fourth-order valence-electron chi connectivity index (χ4n) is 4.66. The summed E-state index contributed by atoms with van der Waals surface area (Å²) in [5, 5.41) is 1.49. The molecule has 0 amide bonds. The van der Waals surface area contributed by atoms with Crippen molar-refractivity contribution in [3.63, 3.8) is 0 Å². The monoisotopic (exact) mass is 424 g/mol. The first-order chi connectivity index (χ1) is 15.0. The summed E-state index contributed by atoms with van der Waals surface area (Å²) in [6.07, 6.45) is 5.44. The van der Waals surface area contributed by atoms with E-state index in [1.165, 1.54) is 12.1 Å². The maximum absolute atomic E-state index is 14.8. The summed E-state index contributed by atoms with van der Waals surface area (Å²) in [6, 6.07) is 10.5. The third-order valence-electron chi connectivity index (χ3n) is 6.29. The highest BCUT2D eigenvalue weighted by molar-refractivity contribution is 5.84. The van der Waals surface area contributed by atoms with Gasteiger partial charge in [0.25, 0.3) is 0 Å². The van der Waals surface area contributed by atoms with E-state index in [4.69, 9.17) is 0 Å². The topological polar surface area (TPSA) is 0 Å². The van der Waals surface area contributed by atoms with E-state index in [9.17, 15) is 17.6 Å². The smallest absolute Gasteiger partial charge is 0.174 e. The summed E-state index contributed by atoms with van der Waals surface area (Å²) in [5.74, 6) is 2.37. The Labute approximate surface area is 180 Å². The molecular weight excluding hydrogens is 400 g/mol. The zero-order chi connectivity index (χ0) is 22.0. The normalized spacial score (nSPS) is 18.6. The molecule has 31 heavy (non-hydrogen) atoms. The van der Waals surface area contributed by atoms with Crippen LogP contribution in [0.25, 0.3) is 10.8 Å². The molecule has 0 atom stereocenters. The quantitative estimate of drug-likeness (QED) is 0.228. The van der Waals surface area contributed by atoms with Crippen LogP contribution >= 0.6 is 0 Å². The molecule has 160 valence electrons. The minimum Gasteiger partial charge on any atom is -0.207 e. The van der Waals surface area contributed by atoms with E-state index in [0.29, 0.717) is 29.7 Å². The van der Waals surface area contributed by atoms with Crippen LogP contribution in [0.15, 0.2) is 42.5 Å². The average Bonchev–Trinajstić information content (AvgIpc) is 2.76. The highest BCUT2D eigenvalue weighted by atomic mass is 19.2. The third-order valence-corrected chi connectivity index (χ3v) is 6.29. The molecule has 0 radical (unpaired) electrons. The number of halogens is 4. The summed E-state index contributed by atoms with van der Waals surface area (Å²) in [6.45, 7) is 2.14. The summed E-state index contributed by atoms with van der Waals surface area (Å²) in [5.41, 5.74) is 0.126. The summed E-state index contributed by atoms with van der Waals surface area (Å²) < 4.78 is 57.6. The Morgan fingerprint density at radius 2 is 1.52 bits per heavy atom. The molecule has 0 bridgehead atoms. The molecule has 0 heterocycles. The Kier molecular flexibility index (Phi) is 6.32. The maximum atomic E-state index is 14.8. The number of fused-ring (bicyclic) bond motifs is 1. The predicted octanol–water partition coefficient (Wildman–Crippen LogP) is 7.87. The first-order valence-corrected chi connectivity index (χ1v) is 10.8. The van der Waals surface area contributed by atoms with Crippen LogP contribution in [0.3, 0.4) is 0 Å². The van der Waals surface area contributed by atoms with Crippen LogP contribution in [-0.4, -0.2) is 0 Å². The van der Waals surface area contributed by atoms with Crippen LogP contribution < -0.4 is 0 Å². The molecule has 0 nitrogen and oxygen atoms in total. The van der Waals surface area contributed by atoms with Crippen LogP contribution in [-0.2, 0) is 0 Å². The molecule has 0 unspecified atom stereocenters. The second kappa shape index (κ2) is 9.14. The maximum Gasteiger partial charge on any atom is 0.174 e. The molecule has 4 rings (SSSR count). The average molecular weight is 424 g/mol. The Balaban J connectivity index is 1.59. The molecular formula is C27H24F4. The summed E-state index contributed by atoms with van der Waals surface area (Å²) in [4.78, 5) is 0. The van der Waals surface area contributed by atoms with E-state index in [-0.39, 0.29) is 22.9 Å². The van der Waals surface area contributed by atoms with Crippen molar-refractivity contribution in [3.8, 4) is 11.8 Å². The number of hydrogen-bond donors (Lipinski definition) is 0. The van der Waals surface area contributed by atoms with Crippen molar-refractivity contribution in [1.82, 2.24) is 0 Å². The van der Waals surface area contributed by atoms with Crippen LogP contribution in [0.4, 0.5) is 17.6 Å². The molecule has 0 saturated heterocycles. The zero-order valence-electron chi connectivity index (χ0n) is 17.5. The van der Waals surface area contributed by atoms with Crippen molar-refractivity contribution in [2.24, 2.45) is 5.92 Å². The molecule has 0 aromatic heterocycles. The van der Waals surface area contributed by atoms with Crippen molar-refractivity contribution < 1.29 is 17.6 Å². The van der Waals surface area contributed by atoms with Gasteiger partial charge in [-0.15, -0.1) is 0 Å². The molecule has 4 heteroatoms. The lowest BCUT2D eigenvalue weighted by Crippen LogP contribution is -2.16. The standard InChI is InChI=1S/C27H24F4/c1-2-3-17-4-8-19(9-5-17)25-24(29)16-22(26(30)27(25)31)11-7-18-6-10-21-15-23(28)13-12-20(21)14-18/h6,10,12-17,19H,2-5,8-9H2,1H3. The van der Waals surface area contributed by atoms with Gasteiger partial charge in [-0.1, -0.05) is 43.7 Å². The van der Waals surface area contributed by atoms with Gasteiger partial charge in [0.2, 0.25) is 0 Å². The van der Waals surface area contributed by atoms with E-state index in [2.05, 4.69) is 18.8 Å². The van der Waals surface area contributed by atoms with Gasteiger partial charge in [-0.2, -0.15) is 0 Å². The molecule has 3 aromatic rings. The first-order valence-electron chi connectivity index (χ1n) is 10.8. The third kappa shape index (κ3) is 4.61. The van der Waals surface area contributed by atoms with Gasteiger partial charge in [0.1, 0.15) is 11.6 Å². The largest absolute Gasteiger partial charge is 0.207 e. The Hall–Kier alpha value is -2.80. The molecule has 1 saturated carbocycles. The van der Waals surface area contributed by atoms with Crippen molar-refractivity contribution >= 4 is 10.8 Å². The molecule has 0 aliphatic heterocycles. The van der Waals surface area contributed by atoms with Gasteiger partial charge >= 0.3 is 0 Å². The fraction of sp³-hybridized carbons (Fsp3) is 0.333. The Morgan fingerprint density at radius 1 is 0.806 bits per heavy atom. The lowest BCUT2D eigenvalue weighted by molar-refractivity contribution is 0.298. The van der Waals surface area contributed by atoms with Gasteiger partial charge < -0.3 is 0 Å². The molecule has 0 spiro atoms. The molecule has 3 aromatic carbocycles. The van der Waals surface area contributed by atoms with Gasteiger partial charge in [0.15, 0.2) is 11.6 Å². The van der Waals surface area contributed by atoms with Gasteiger partial charge in [-0.25, -0.2) is 17.6 Å². The predicted molar refractivity (Wildman–Crippen MR) is 116 cm³/mol. The van der Waals surface area contributed by atoms with Gasteiger partial charge in [0.05, 0.1) is 5.56 Å². The van der Waals surface area contributed by atoms with Gasteiger partial charge in [0, 0.05) is 11.1 Å². The van der Waals surface area contributed by atoms with Crippen LogP contribution in [0.2, 0.25) is 0 Å². The Morgan fingerprint density at radius 3 is 2.26 bits per heavy atom. The van der Waals surface area contributed by atoms with Gasteiger partial charge in [-0.3, -0.25) is 0 Å². The Bertz CT molecular complexity index is 1160. The second-order valence-electron chi connectivity index (χ2n) is 8.41. The fourth-order valence-corrected chi connectivity index (χ4v) is 4.66. The molecule has 0 N–H and O–H groups in total. The summed E-state index contributed by atoms with van der Waals surface area (Å²) >= 11 is 0. The lowest BCUT2D eigenvalue weighted by Gasteiger charge is -2.29. The van der Waals surface area contributed by atoms with Crippen molar-refractivity contribution in [1.29, 1.82) is 0 Å². The number of hydrogen-bond acceptors (Lipinski definition) is 0. The first kappa shape index (κ1) is 21.4. The zero-order valence-corrected chi connectivity index (χ0v) is 17.5. The van der Waals surface area contributed by atoms with E-state index in [1.54, 1.807) is 24.3 Å². The highest BCUT2D eigenvalue weighted by Gasteiger charge is 2.29. The van der Waals surface area contributed by atoms with E-state index in [1.807, 2.05) is 0 Å². The highest BCUT2D eigenvalue weighted by Crippen LogP contribution is 2.40. The van der Waals surface area contributed by atoms with Crippen molar-refractivity contribution in [3.05, 3.63) is 82.4 Å². The van der Waals surface area contributed by atoms with Crippen molar-refractivity contribution in [2.45, 2.75) is 51.4 Å². The molecule has 1 fully saturated rings. The lowest BCUT2D eigenvalue weighted by atomic mass is 9.77. The number of benzene rings is 3. The second-order valence-corrected chi connectivity index (χ2v) is 8.41. The summed E-state index contributed by atoms with van der Waals surface area (Å²) in [7, 11) is 0. The van der Waals surface area contributed by atoms with Crippen LogP contribution in [0, 0.1) is 41.0 Å². The molecule has 1 aliphatic carbocycles. The van der Waals surface area contributed by atoms with E-state index in [0.717, 1.165) is 37.1 Å². The van der Waals surface area contributed by atoms with Gasteiger partial charge in [-0.05, 0) is 78.6 Å². The minimum absolute atomic E-state index is 0.134. The van der Waals surface area contributed by atoms with E-state index >= 15 is 0 Å². The van der Waals surface area contributed by atoms with Crippen LogP contribution in [0.5, 0.6) is 0 Å².